The predicted octanol–water partition coefficient (Wildman–Crippen LogP) is 2.66. The van der Waals surface area contributed by atoms with Crippen molar-refractivity contribution < 1.29 is 9.21 Å². The van der Waals surface area contributed by atoms with Crippen LogP contribution in [0.25, 0.3) is 11.0 Å². The highest BCUT2D eigenvalue weighted by molar-refractivity contribution is 5.94. The first-order valence-electron chi connectivity index (χ1n) is 6.38. The second-order valence-electron chi connectivity index (χ2n) is 4.86. The van der Waals surface area contributed by atoms with Crippen molar-refractivity contribution in [2.45, 2.75) is 13.3 Å². The number of carbonyl (C=O) groups excluding carboxylic acids is 1. The highest BCUT2D eigenvalue weighted by Crippen LogP contribution is 2.22. The fraction of sp³-hybridized carbons (Fsp3) is 0.200. The predicted molar refractivity (Wildman–Crippen MR) is 76.5 cm³/mol. The molecule has 1 N–H and O–H groups in total. The molecule has 102 valence electrons. The second-order valence-corrected chi connectivity index (χ2v) is 4.86. The molecule has 0 unspecified atom stereocenters. The molecule has 0 aliphatic carbocycles. The Kier molecular flexibility index (Phi) is 3.02. The third-order valence-corrected chi connectivity index (χ3v) is 3.14. The smallest absolute Gasteiger partial charge is 0.230 e. The maximum Gasteiger partial charge on any atom is 0.230 e. The molecule has 3 rings (SSSR count). The van der Waals surface area contributed by atoms with Crippen molar-refractivity contribution in [3.05, 3.63) is 47.9 Å². The van der Waals surface area contributed by atoms with Gasteiger partial charge in [-0.3, -0.25) is 9.48 Å². The minimum atomic E-state index is -0.105. The van der Waals surface area contributed by atoms with Crippen molar-refractivity contribution in [1.29, 1.82) is 0 Å². The molecular formula is C15H15N3O2. The summed E-state index contributed by atoms with van der Waals surface area (Å²) in [7, 11) is 1.81. The number of amides is 1. The molecule has 0 bridgehead atoms. The van der Waals surface area contributed by atoms with Gasteiger partial charge in [0, 0.05) is 30.3 Å². The van der Waals surface area contributed by atoms with Gasteiger partial charge < -0.3 is 9.73 Å². The van der Waals surface area contributed by atoms with Gasteiger partial charge in [-0.05, 0) is 18.6 Å². The minimum Gasteiger partial charge on any atom is -0.464 e. The lowest BCUT2D eigenvalue weighted by Crippen LogP contribution is -2.14. The van der Waals surface area contributed by atoms with Gasteiger partial charge >= 0.3 is 0 Å². The molecule has 0 fully saturated rings. The fourth-order valence-electron chi connectivity index (χ4n) is 2.17. The van der Waals surface area contributed by atoms with Gasteiger partial charge in [-0.1, -0.05) is 12.1 Å². The van der Waals surface area contributed by atoms with Crippen molar-refractivity contribution in [1.82, 2.24) is 9.78 Å². The molecule has 0 atom stereocenters. The van der Waals surface area contributed by atoms with Gasteiger partial charge in [-0.25, -0.2) is 0 Å². The van der Waals surface area contributed by atoms with E-state index in [1.165, 1.54) is 0 Å². The number of nitrogens with zero attached hydrogens (tertiary/aromatic N) is 2. The summed E-state index contributed by atoms with van der Waals surface area (Å²) in [6, 6.07) is 7.72. The number of hydrogen-bond acceptors (Lipinski definition) is 3. The maximum atomic E-state index is 12.0. The largest absolute Gasteiger partial charge is 0.464 e. The van der Waals surface area contributed by atoms with E-state index < -0.39 is 0 Å². The molecule has 0 aliphatic rings. The quantitative estimate of drug-likeness (QED) is 0.795. The zero-order valence-corrected chi connectivity index (χ0v) is 11.4. The van der Waals surface area contributed by atoms with E-state index in [4.69, 9.17) is 4.42 Å². The summed E-state index contributed by atoms with van der Waals surface area (Å²) < 4.78 is 7.13. The van der Waals surface area contributed by atoms with Crippen LogP contribution in [0.5, 0.6) is 0 Å². The van der Waals surface area contributed by atoms with Gasteiger partial charge in [0.1, 0.15) is 5.58 Å². The summed E-state index contributed by atoms with van der Waals surface area (Å²) >= 11 is 0. The van der Waals surface area contributed by atoms with Crippen molar-refractivity contribution in [2.75, 3.05) is 5.32 Å². The van der Waals surface area contributed by atoms with Crippen LogP contribution in [0.15, 0.2) is 41.1 Å². The van der Waals surface area contributed by atoms with E-state index in [2.05, 4.69) is 10.4 Å². The summed E-state index contributed by atoms with van der Waals surface area (Å²) in [5, 5.41) is 7.86. The Bertz CT molecular complexity index is 770. The summed E-state index contributed by atoms with van der Waals surface area (Å²) in [5.41, 5.74) is 2.83. The standard InChI is InChI=1S/C15H15N3O2/c1-10-3-4-12-11(9-20-13(12)7-10)8-15(19)16-14-5-6-18(2)17-14/h3-7,9H,8H2,1-2H3,(H,16,17,19). The third-order valence-electron chi connectivity index (χ3n) is 3.14. The lowest BCUT2D eigenvalue weighted by Gasteiger charge is -2.00. The van der Waals surface area contributed by atoms with E-state index in [1.54, 1.807) is 23.2 Å². The lowest BCUT2D eigenvalue weighted by molar-refractivity contribution is -0.115. The number of furan rings is 1. The van der Waals surface area contributed by atoms with Crippen LogP contribution in [0.4, 0.5) is 5.82 Å². The first-order chi connectivity index (χ1) is 9.61. The van der Waals surface area contributed by atoms with E-state index in [1.807, 2.05) is 32.2 Å². The fourth-order valence-corrected chi connectivity index (χ4v) is 2.17. The SMILES string of the molecule is Cc1ccc2c(CC(=O)Nc3ccn(C)n3)coc2c1. The Morgan fingerprint density at radius 1 is 1.40 bits per heavy atom. The van der Waals surface area contributed by atoms with Crippen LogP contribution >= 0.6 is 0 Å². The van der Waals surface area contributed by atoms with Crippen LogP contribution in [0.2, 0.25) is 0 Å². The molecule has 0 spiro atoms. The number of hydrogen-bond donors (Lipinski definition) is 1. The Morgan fingerprint density at radius 3 is 3.00 bits per heavy atom. The van der Waals surface area contributed by atoms with E-state index in [-0.39, 0.29) is 12.3 Å². The van der Waals surface area contributed by atoms with Crippen LogP contribution in [0.1, 0.15) is 11.1 Å². The molecule has 2 aromatic heterocycles. The third kappa shape index (κ3) is 2.42. The molecule has 0 radical (unpaired) electrons. The van der Waals surface area contributed by atoms with Gasteiger partial charge in [0.25, 0.3) is 0 Å². The van der Waals surface area contributed by atoms with Crippen molar-refractivity contribution in [3.8, 4) is 0 Å². The van der Waals surface area contributed by atoms with Crippen molar-refractivity contribution in [3.63, 3.8) is 0 Å². The summed E-state index contributed by atoms with van der Waals surface area (Å²) in [6.07, 6.45) is 3.69. The highest BCUT2D eigenvalue weighted by atomic mass is 16.3. The molecule has 0 saturated carbocycles. The molecule has 5 nitrogen and oxygen atoms in total. The number of rotatable bonds is 3. The molecule has 0 saturated heterocycles. The Hall–Kier alpha value is -2.56. The Labute approximate surface area is 116 Å². The zero-order valence-electron chi connectivity index (χ0n) is 11.4. The van der Waals surface area contributed by atoms with E-state index >= 15 is 0 Å². The van der Waals surface area contributed by atoms with Gasteiger partial charge in [-0.15, -0.1) is 0 Å². The summed E-state index contributed by atoms with van der Waals surface area (Å²) in [6.45, 7) is 2.01. The van der Waals surface area contributed by atoms with E-state index in [9.17, 15) is 4.79 Å². The van der Waals surface area contributed by atoms with Gasteiger partial charge in [0.2, 0.25) is 5.91 Å². The summed E-state index contributed by atoms with van der Waals surface area (Å²) in [4.78, 5) is 12.0. The van der Waals surface area contributed by atoms with Crippen LogP contribution in [-0.4, -0.2) is 15.7 Å². The zero-order chi connectivity index (χ0) is 14.1. The van der Waals surface area contributed by atoms with Gasteiger partial charge in [-0.2, -0.15) is 5.10 Å². The molecular weight excluding hydrogens is 254 g/mol. The van der Waals surface area contributed by atoms with Gasteiger partial charge in [0.05, 0.1) is 12.7 Å². The molecule has 1 aromatic carbocycles. The number of aryl methyl sites for hydroxylation is 2. The number of benzene rings is 1. The number of nitrogens with one attached hydrogen (secondary N) is 1. The topological polar surface area (TPSA) is 60.1 Å². The Balaban J connectivity index is 1.77. The van der Waals surface area contributed by atoms with Gasteiger partial charge in [0.15, 0.2) is 5.82 Å². The first kappa shape index (κ1) is 12.5. The number of aromatic nitrogens is 2. The number of anilines is 1. The summed E-state index contributed by atoms with van der Waals surface area (Å²) in [5.74, 6) is 0.452. The van der Waals surface area contributed by atoms with E-state index in [0.29, 0.717) is 5.82 Å². The molecule has 2 heterocycles. The lowest BCUT2D eigenvalue weighted by atomic mass is 10.1. The molecule has 3 aromatic rings. The highest BCUT2D eigenvalue weighted by Gasteiger charge is 2.11. The normalized spacial score (nSPS) is 10.9. The Morgan fingerprint density at radius 2 is 2.25 bits per heavy atom. The minimum absolute atomic E-state index is 0.105. The van der Waals surface area contributed by atoms with Crippen LogP contribution in [0, 0.1) is 6.92 Å². The molecule has 1 amide bonds. The monoisotopic (exact) mass is 269 g/mol. The van der Waals surface area contributed by atoms with E-state index in [0.717, 1.165) is 22.1 Å². The average Bonchev–Trinajstić information content (AvgIpc) is 2.96. The van der Waals surface area contributed by atoms with Crippen LogP contribution < -0.4 is 5.32 Å². The molecule has 5 heteroatoms. The first-order valence-corrected chi connectivity index (χ1v) is 6.38. The van der Waals surface area contributed by atoms with Crippen molar-refractivity contribution in [2.24, 2.45) is 7.05 Å². The van der Waals surface area contributed by atoms with Crippen molar-refractivity contribution >= 4 is 22.7 Å². The molecule has 20 heavy (non-hydrogen) atoms. The average molecular weight is 269 g/mol. The van der Waals surface area contributed by atoms with Crippen LogP contribution in [-0.2, 0) is 18.3 Å². The maximum absolute atomic E-state index is 12.0. The second kappa shape index (κ2) is 4.85. The van der Waals surface area contributed by atoms with Crippen LogP contribution in [0.3, 0.4) is 0 Å². The molecule has 0 aliphatic heterocycles. The number of carbonyl (C=O) groups is 1. The number of fused-ring (bicyclic) bond motifs is 1.